The minimum Gasteiger partial charge on any atom is -0.494 e. The first kappa shape index (κ1) is 15.3. The van der Waals surface area contributed by atoms with E-state index in [1.165, 1.54) is 13.2 Å². The largest absolute Gasteiger partial charge is 0.494 e. The highest BCUT2D eigenvalue weighted by atomic mass is 35.5. The van der Waals surface area contributed by atoms with E-state index < -0.39 is 5.82 Å². The van der Waals surface area contributed by atoms with Crippen LogP contribution in [0.25, 0.3) is 0 Å². The molecule has 3 nitrogen and oxygen atoms in total. The first-order valence-corrected chi connectivity index (χ1v) is 6.69. The summed E-state index contributed by atoms with van der Waals surface area (Å²) >= 11 is 5.75. The van der Waals surface area contributed by atoms with Crippen LogP contribution in [0.15, 0.2) is 42.5 Å². The predicted molar refractivity (Wildman–Crippen MR) is 78.6 cm³/mol. The van der Waals surface area contributed by atoms with E-state index in [0.29, 0.717) is 16.3 Å². The van der Waals surface area contributed by atoms with Crippen LogP contribution >= 0.6 is 11.6 Å². The zero-order valence-corrected chi connectivity index (χ0v) is 12.2. The lowest BCUT2D eigenvalue weighted by molar-refractivity contribution is -0.120. The van der Waals surface area contributed by atoms with E-state index in [1.54, 1.807) is 36.4 Å². The molecule has 0 heterocycles. The number of ketones is 1. The molecule has 0 saturated heterocycles. The topological polar surface area (TPSA) is 35.5 Å². The van der Waals surface area contributed by atoms with Gasteiger partial charge in [-0.15, -0.1) is 0 Å². The molecule has 0 N–H and O–H groups in total. The van der Waals surface area contributed by atoms with Crippen molar-refractivity contribution >= 4 is 17.4 Å². The van der Waals surface area contributed by atoms with Gasteiger partial charge in [0, 0.05) is 11.4 Å². The molecule has 0 atom stereocenters. The zero-order valence-electron chi connectivity index (χ0n) is 11.4. The van der Waals surface area contributed by atoms with Gasteiger partial charge in [0.2, 0.25) is 0 Å². The van der Waals surface area contributed by atoms with Crippen molar-refractivity contribution in [3.05, 3.63) is 58.9 Å². The molecule has 0 aliphatic carbocycles. The van der Waals surface area contributed by atoms with E-state index in [-0.39, 0.29) is 24.6 Å². The normalized spacial score (nSPS) is 10.2. The number of ether oxygens (including phenoxy) is 2. The zero-order chi connectivity index (χ0) is 15.2. The van der Waals surface area contributed by atoms with Crippen LogP contribution in [0.2, 0.25) is 5.02 Å². The summed E-state index contributed by atoms with van der Waals surface area (Å²) in [6, 6.07) is 11.4. The number of halogens is 2. The van der Waals surface area contributed by atoms with Gasteiger partial charge < -0.3 is 9.47 Å². The summed E-state index contributed by atoms with van der Waals surface area (Å²) in [7, 11) is 1.38. The smallest absolute Gasteiger partial charge is 0.174 e. The molecule has 0 radical (unpaired) electrons. The standard InChI is InChI=1S/C16H14ClFO3/c1-20-15-4-2-3-11(16(15)18)9-13(19)10-21-14-7-5-12(17)6-8-14/h2-8H,9-10H2,1H3. The molecule has 0 saturated carbocycles. The summed E-state index contributed by atoms with van der Waals surface area (Å²) < 4.78 is 24.1. The third-order valence-electron chi connectivity index (χ3n) is 2.86. The highest BCUT2D eigenvalue weighted by molar-refractivity contribution is 6.30. The summed E-state index contributed by atoms with van der Waals surface area (Å²) in [6.45, 7) is -0.127. The molecule has 0 aromatic heterocycles. The molecule has 21 heavy (non-hydrogen) atoms. The maximum absolute atomic E-state index is 13.9. The molecule has 0 spiro atoms. The molecule has 0 amide bonds. The summed E-state index contributed by atoms with van der Waals surface area (Å²) in [6.07, 6.45) is -0.0450. The number of carbonyl (C=O) groups is 1. The molecule has 110 valence electrons. The lowest BCUT2D eigenvalue weighted by Crippen LogP contribution is -2.14. The van der Waals surface area contributed by atoms with Crippen LogP contribution in [0.1, 0.15) is 5.56 Å². The average Bonchev–Trinajstić information content (AvgIpc) is 2.49. The Morgan fingerprint density at radius 3 is 2.57 bits per heavy atom. The molecule has 2 aromatic rings. The second-order valence-electron chi connectivity index (χ2n) is 4.39. The van der Waals surface area contributed by atoms with Crippen molar-refractivity contribution in [3.63, 3.8) is 0 Å². The Kier molecular flexibility index (Phi) is 5.17. The van der Waals surface area contributed by atoms with Crippen LogP contribution in [-0.4, -0.2) is 19.5 Å². The van der Waals surface area contributed by atoms with Crippen molar-refractivity contribution in [2.75, 3.05) is 13.7 Å². The van der Waals surface area contributed by atoms with Crippen molar-refractivity contribution in [2.45, 2.75) is 6.42 Å². The number of methoxy groups -OCH3 is 1. The van der Waals surface area contributed by atoms with E-state index in [0.717, 1.165) is 0 Å². The van der Waals surface area contributed by atoms with E-state index in [4.69, 9.17) is 21.1 Å². The van der Waals surface area contributed by atoms with Gasteiger partial charge in [-0.05, 0) is 35.9 Å². The van der Waals surface area contributed by atoms with E-state index in [1.807, 2.05) is 0 Å². The Bertz CT molecular complexity index is 626. The van der Waals surface area contributed by atoms with Crippen LogP contribution in [-0.2, 0) is 11.2 Å². The number of carbonyl (C=O) groups excluding carboxylic acids is 1. The maximum Gasteiger partial charge on any atom is 0.174 e. The van der Waals surface area contributed by atoms with Gasteiger partial charge in [0.25, 0.3) is 0 Å². The van der Waals surface area contributed by atoms with Crippen molar-refractivity contribution in [1.29, 1.82) is 0 Å². The molecule has 2 aromatic carbocycles. The van der Waals surface area contributed by atoms with Crippen LogP contribution in [0.5, 0.6) is 11.5 Å². The van der Waals surface area contributed by atoms with Crippen molar-refractivity contribution in [3.8, 4) is 11.5 Å². The monoisotopic (exact) mass is 308 g/mol. The van der Waals surface area contributed by atoms with E-state index in [2.05, 4.69) is 0 Å². The number of hydrogen-bond donors (Lipinski definition) is 0. The summed E-state index contributed by atoms with van der Waals surface area (Å²) in [5, 5.41) is 0.590. The SMILES string of the molecule is COc1cccc(CC(=O)COc2ccc(Cl)cc2)c1F. The Morgan fingerprint density at radius 2 is 1.90 bits per heavy atom. The van der Waals surface area contributed by atoms with Gasteiger partial charge in [-0.2, -0.15) is 0 Å². The summed E-state index contributed by atoms with van der Waals surface area (Å²) in [5.74, 6) is -0.0743. The molecule has 0 aliphatic heterocycles. The fraction of sp³-hybridized carbons (Fsp3) is 0.188. The second-order valence-corrected chi connectivity index (χ2v) is 4.83. The maximum atomic E-state index is 13.9. The minimum absolute atomic E-state index is 0.0450. The van der Waals surface area contributed by atoms with Gasteiger partial charge in [0.15, 0.2) is 17.3 Å². The Hall–Kier alpha value is -2.07. The molecule has 2 rings (SSSR count). The van der Waals surface area contributed by atoms with Crippen LogP contribution in [0.4, 0.5) is 4.39 Å². The molecular formula is C16H14ClFO3. The highest BCUT2D eigenvalue weighted by Crippen LogP contribution is 2.20. The van der Waals surface area contributed by atoms with Crippen molar-refractivity contribution < 1.29 is 18.7 Å². The predicted octanol–water partition coefficient (Wildman–Crippen LogP) is 3.68. The number of Topliss-reactive ketones (excluding diaryl/α,β-unsaturated/α-hetero) is 1. The Morgan fingerprint density at radius 1 is 1.19 bits per heavy atom. The lowest BCUT2D eigenvalue weighted by atomic mass is 10.1. The summed E-state index contributed by atoms with van der Waals surface area (Å²) in [4.78, 5) is 11.8. The molecule has 0 aliphatic rings. The Labute approximate surface area is 127 Å². The summed E-state index contributed by atoms with van der Waals surface area (Å²) in [5.41, 5.74) is 0.291. The van der Waals surface area contributed by atoms with E-state index in [9.17, 15) is 9.18 Å². The van der Waals surface area contributed by atoms with Crippen LogP contribution in [0.3, 0.4) is 0 Å². The first-order chi connectivity index (χ1) is 10.1. The van der Waals surface area contributed by atoms with Crippen molar-refractivity contribution in [1.82, 2.24) is 0 Å². The van der Waals surface area contributed by atoms with Gasteiger partial charge in [0.05, 0.1) is 7.11 Å². The third-order valence-corrected chi connectivity index (χ3v) is 3.12. The fourth-order valence-corrected chi connectivity index (χ4v) is 1.93. The van der Waals surface area contributed by atoms with Crippen LogP contribution in [0, 0.1) is 5.82 Å². The molecule has 0 bridgehead atoms. The lowest BCUT2D eigenvalue weighted by Gasteiger charge is -2.08. The fourth-order valence-electron chi connectivity index (χ4n) is 1.81. The van der Waals surface area contributed by atoms with Crippen LogP contribution < -0.4 is 9.47 Å². The van der Waals surface area contributed by atoms with Gasteiger partial charge in [0.1, 0.15) is 12.4 Å². The molecular weight excluding hydrogens is 295 g/mol. The van der Waals surface area contributed by atoms with Gasteiger partial charge >= 0.3 is 0 Å². The van der Waals surface area contributed by atoms with Crippen molar-refractivity contribution in [2.24, 2.45) is 0 Å². The number of benzene rings is 2. The molecule has 0 unspecified atom stereocenters. The van der Waals surface area contributed by atoms with Gasteiger partial charge in [-0.25, -0.2) is 4.39 Å². The third kappa shape index (κ3) is 4.20. The quantitative estimate of drug-likeness (QED) is 0.816. The Balaban J connectivity index is 1.94. The van der Waals surface area contributed by atoms with Gasteiger partial charge in [-0.3, -0.25) is 4.79 Å². The van der Waals surface area contributed by atoms with Gasteiger partial charge in [-0.1, -0.05) is 23.7 Å². The number of hydrogen-bond acceptors (Lipinski definition) is 3. The highest BCUT2D eigenvalue weighted by Gasteiger charge is 2.12. The number of rotatable bonds is 6. The average molecular weight is 309 g/mol. The molecule has 5 heteroatoms. The first-order valence-electron chi connectivity index (χ1n) is 6.31. The minimum atomic E-state index is -0.514. The molecule has 0 fully saturated rings. The second kappa shape index (κ2) is 7.09. The van der Waals surface area contributed by atoms with E-state index >= 15 is 0 Å².